The van der Waals surface area contributed by atoms with Crippen molar-refractivity contribution >= 4 is 11.6 Å². The Labute approximate surface area is 115 Å². The largest absolute Gasteiger partial charge is 0.376 e. The van der Waals surface area contributed by atoms with Gasteiger partial charge in [0.15, 0.2) is 0 Å². The van der Waals surface area contributed by atoms with Crippen molar-refractivity contribution in [3.05, 3.63) is 11.9 Å². The summed E-state index contributed by atoms with van der Waals surface area (Å²) in [6.45, 7) is 8.02. The molecule has 0 aliphatic carbocycles. The normalized spacial score (nSPS) is 20.3. The molecule has 0 radical (unpaired) electrons. The van der Waals surface area contributed by atoms with Crippen LogP contribution in [0.15, 0.2) is 6.07 Å². The molecular weight excluding hydrogens is 240 g/mol. The molecule has 1 aliphatic heterocycles. The molecule has 1 aromatic rings. The van der Waals surface area contributed by atoms with Gasteiger partial charge in [-0.15, -0.1) is 0 Å². The van der Waals surface area contributed by atoms with E-state index in [1.807, 2.05) is 6.07 Å². The molecule has 0 bridgehead atoms. The van der Waals surface area contributed by atoms with Gasteiger partial charge < -0.3 is 15.4 Å². The van der Waals surface area contributed by atoms with E-state index >= 15 is 0 Å². The van der Waals surface area contributed by atoms with E-state index < -0.39 is 0 Å². The predicted octanol–water partition coefficient (Wildman–Crippen LogP) is 2.45. The first-order chi connectivity index (χ1) is 9.22. The third kappa shape index (κ3) is 3.80. The molecule has 0 amide bonds. The zero-order valence-electron chi connectivity index (χ0n) is 12.1. The summed E-state index contributed by atoms with van der Waals surface area (Å²) in [5.74, 6) is 2.63. The summed E-state index contributed by atoms with van der Waals surface area (Å²) >= 11 is 0. The first-order valence-corrected chi connectivity index (χ1v) is 7.23. The van der Waals surface area contributed by atoms with Crippen LogP contribution in [0, 0.1) is 0 Å². The highest BCUT2D eigenvalue weighted by Crippen LogP contribution is 2.19. The summed E-state index contributed by atoms with van der Waals surface area (Å²) in [6.07, 6.45) is 3.41. The van der Waals surface area contributed by atoms with Crippen LogP contribution >= 0.6 is 0 Å². The average Bonchev–Trinajstić information content (AvgIpc) is 2.92. The van der Waals surface area contributed by atoms with Gasteiger partial charge >= 0.3 is 0 Å². The second kappa shape index (κ2) is 6.70. The van der Waals surface area contributed by atoms with Crippen molar-refractivity contribution in [2.75, 3.05) is 23.8 Å². The van der Waals surface area contributed by atoms with Gasteiger partial charge in [-0.1, -0.05) is 6.92 Å². The van der Waals surface area contributed by atoms with E-state index in [-0.39, 0.29) is 6.04 Å². The number of aromatic nitrogens is 2. The molecule has 0 spiro atoms. The van der Waals surface area contributed by atoms with Gasteiger partial charge in [0.05, 0.1) is 12.1 Å². The van der Waals surface area contributed by atoms with Crippen molar-refractivity contribution in [1.29, 1.82) is 0 Å². The second-order valence-electron chi connectivity index (χ2n) is 4.92. The maximum atomic E-state index is 5.70. The zero-order valence-corrected chi connectivity index (χ0v) is 12.1. The standard InChI is InChI=1S/C14H24N4O/c1-4-12-17-13(15-5-2)9-14(18-12)16-10(3)11-7-6-8-19-11/h9-11H,4-8H2,1-3H3,(H2,15,16,17,18). The maximum Gasteiger partial charge on any atom is 0.132 e. The van der Waals surface area contributed by atoms with Gasteiger partial charge in [0, 0.05) is 25.6 Å². The summed E-state index contributed by atoms with van der Waals surface area (Å²) in [6, 6.07) is 2.24. The summed E-state index contributed by atoms with van der Waals surface area (Å²) < 4.78 is 5.70. The fourth-order valence-electron chi connectivity index (χ4n) is 2.32. The molecule has 2 N–H and O–H groups in total. The Kier molecular flexibility index (Phi) is 4.96. The van der Waals surface area contributed by atoms with Crippen LogP contribution in [0.2, 0.25) is 0 Å². The van der Waals surface area contributed by atoms with Crippen molar-refractivity contribution in [3.8, 4) is 0 Å². The molecule has 1 fully saturated rings. The van der Waals surface area contributed by atoms with Gasteiger partial charge in [-0.3, -0.25) is 0 Å². The lowest BCUT2D eigenvalue weighted by Crippen LogP contribution is -2.30. The molecule has 19 heavy (non-hydrogen) atoms. The number of nitrogens with one attached hydrogen (secondary N) is 2. The lowest BCUT2D eigenvalue weighted by Gasteiger charge is -2.21. The lowest BCUT2D eigenvalue weighted by molar-refractivity contribution is 0.0995. The van der Waals surface area contributed by atoms with Crippen molar-refractivity contribution in [2.24, 2.45) is 0 Å². The Hall–Kier alpha value is -1.36. The Morgan fingerprint density at radius 1 is 1.37 bits per heavy atom. The fourth-order valence-corrected chi connectivity index (χ4v) is 2.32. The van der Waals surface area contributed by atoms with Crippen LogP contribution in [0.5, 0.6) is 0 Å². The number of rotatable bonds is 6. The highest BCUT2D eigenvalue weighted by Gasteiger charge is 2.22. The number of anilines is 2. The van der Waals surface area contributed by atoms with Crippen molar-refractivity contribution in [1.82, 2.24) is 9.97 Å². The molecule has 5 heteroatoms. The third-order valence-corrected chi connectivity index (χ3v) is 3.34. The molecular formula is C14H24N4O. The molecule has 2 rings (SSSR count). The number of hydrogen-bond acceptors (Lipinski definition) is 5. The highest BCUT2D eigenvalue weighted by atomic mass is 16.5. The van der Waals surface area contributed by atoms with Gasteiger partial charge in [0.25, 0.3) is 0 Å². The van der Waals surface area contributed by atoms with E-state index in [9.17, 15) is 0 Å². The van der Waals surface area contributed by atoms with E-state index in [1.54, 1.807) is 0 Å². The van der Waals surface area contributed by atoms with Crippen molar-refractivity contribution in [3.63, 3.8) is 0 Å². The molecule has 1 aromatic heterocycles. The molecule has 5 nitrogen and oxygen atoms in total. The van der Waals surface area contributed by atoms with Gasteiger partial charge in [-0.2, -0.15) is 0 Å². The van der Waals surface area contributed by atoms with Gasteiger partial charge in [0.2, 0.25) is 0 Å². The zero-order chi connectivity index (χ0) is 13.7. The molecule has 2 unspecified atom stereocenters. The number of hydrogen-bond donors (Lipinski definition) is 2. The van der Waals surface area contributed by atoms with Crippen molar-refractivity contribution < 1.29 is 4.74 Å². The van der Waals surface area contributed by atoms with Crippen molar-refractivity contribution in [2.45, 2.75) is 52.2 Å². The number of aryl methyl sites for hydroxylation is 1. The molecule has 2 heterocycles. The van der Waals surface area contributed by atoms with Crippen LogP contribution in [0.4, 0.5) is 11.6 Å². The highest BCUT2D eigenvalue weighted by molar-refractivity contribution is 5.48. The van der Waals surface area contributed by atoms with Crippen LogP contribution in [0.3, 0.4) is 0 Å². The Balaban J connectivity index is 2.07. The molecule has 106 valence electrons. The quantitative estimate of drug-likeness (QED) is 0.826. The van der Waals surface area contributed by atoms with Gasteiger partial charge in [-0.25, -0.2) is 9.97 Å². The van der Waals surface area contributed by atoms with Gasteiger partial charge in [0.1, 0.15) is 17.5 Å². The minimum absolute atomic E-state index is 0.275. The summed E-state index contributed by atoms with van der Waals surface area (Å²) in [5.41, 5.74) is 0. The van der Waals surface area contributed by atoms with E-state index in [1.165, 1.54) is 0 Å². The van der Waals surface area contributed by atoms with E-state index in [0.29, 0.717) is 6.10 Å². The number of nitrogens with zero attached hydrogens (tertiary/aromatic N) is 2. The maximum absolute atomic E-state index is 5.70. The minimum atomic E-state index is 0.275. The van der Waals surface area contributed by atoms with E-state index in [2.05, 4.69) is 41.4 Å². The smallest absolute Gasteiger partial charge is 0.132 e. The van der Waals surface area contributed by atoms with Crippen LogP contribution in [0.1, 0.15) is 39.4 Å². The monoisotopic (exact) mass is 264 g/mol. The van der Waals surface area contributed by atoms with E-state index in [4.69, 9.17) is 4.74 Å². The molecule has 1 aliphatic rings. The molecule has 1 saturated heterocycles. The topological polar surface area (TPSA) is 59.1 Å². The summed E-state index contributed by atoms with van der Waals surface area (Å²) in [5, 5.41) is 6.68. The molecule has 0 aromatic carbocycles. The minimum Gasteiger partial charge on any atom is -0.376 e. The first kappa shape index (κ1) is 14.1. The molecule has 2 atom stereocenters. The van der Waals surface area contributed by atoms with Crippen LogP contribution in [-0.2, 0) is 11.2 Å². The fraction of sp³-hybridized carbons (Fsp3) is 0.714. The summed E-state index contributed by atoms with van der Waals surface area (Å²) in [7, 11) is 0. The summed E-state index contributed by atoms with van der Waals surface area (Å²) in [4.78, 5) is 8.98. The molecule has 0 saturated carbocycles. The lowest BCUT2D eigenvalue weighted by atomic mass is 10.1. The van der Waals surface area contributed by atoms with E-state index in [0.717, 1.165) is 49.9 Å². The third-order valence-electron chi connectivity index (χ3n) is 3.34. The average molecular weight is 264 g/mol. The second-order valence-corrected chi connectivity index (χ2v) is 4.92. The van der Waals surface area contributed by atoms with Gasteiger partial charge in [-0.05, 0) is 26.7 Å². The first-order valence-electron chi connectivity index (χ1n) is 7.23. The number of ether oxygens (including phenoxy) is 1. The van der Waals surface area contributed by atoms with Crippen LogP contribution in [-0.4, -0.2) is 35.3 Å². The Morgan fingerprint density at radius 3 is 2.79 bits per heavy atom. The Bertz CT molecular complexity index is 404. The Morgan fingerprint density at radius 2 is 2.16 bits per heavy atom. The predicted molar refractivity (Wildman–Crippen MR) is 77.6 cm³/mol. The van der Waals surface area contributed by atoms with Crippen LogP contribution in [0.25, 0.3) is 0 Å². The van der Waals surface area contributed by atoms with Crippen LogP contribution < -0.4 is 10.6 Å². The SMILES string of the molecule is CCNc1cc(NC(C)C2CCCO2)nc(CC)n1.